The second-order valence-electron chi connectivity index (χ2n) is 10.2. The zero-order valence-corrected chi connectivity index (χ0v) is 23.9. The maximum Gasteiger partial charge on any atom is 0.573 e. The molecule has 0 bridgehead atoms. The third kappa shape index (κ3) is 8.02. The molecular weight excluding hydrogens is 591 g/mol. The van der Waals surface area contributed by atoms with E-state index in [2.05, 4.69) is 25.1 Å². The Labute approximate surface area is 246 Å². The predicted octanol–water partition coefficient (Wildman–Crippen LogP) is 7.12. The van der Waals surface area contributed by atoms with Crippen LogP contribution in [0.3, 0.4) is 0 Å². The first kappa shape index (κ1) is 29.9. The van der Waals surface area contributed by atoms with E-state index in [1.165, 1.54) is 0 Å². The molecule has 1 aliphatic carbocycles. The fraction of sp³-hybridized carbons (Fsp3) is 0.310. The predicted molar refractivity (Wildman–Crippen MR) is 157 cm³/mol. The van der Waals surface area contributed by atoms with E-state index >= 15 is 0 Å². The van der Waals surface area contributed by atoms with Crippen LogP contribution in [0.25, 0.3) is 10.9 Å². The second kappa shape index (κ2) is 12.7. The van der Waals surface area contributed by atoms with E-state index in [0.717, 1.165) is 66.5 Å². The Hall–Kier alpha value is -3.61. The van der Waals surface area contributed by atoms with E-state index < -0.39 is 22.1 Å². The summed E-state index contributed by atoms with van der Waals surface area (Å²) in [6, 6.07) is 19.3. The highest BCUT2D eigenvalue weighted by atomic mass is 35.5. The number of anilines is 3. The highest BCUT2D eigenvalue weighted by Crippen LogP contribution is 2.30. The average molecular weight is 620 g/mol. The van der Waals surface area contributed by atoms with E-state index in [1.54, 1.807) is 0 Å². The van der Waals surface area contributed by atoms with Crippen LogP contribution < -0.4 is 20.1 Å². The van der Waals surface area contributed by atoms with Crippen molar-refractivity contribution in [3.05, 3.63) is 77.8 Å². The van der Waals surface area contributed by atoms with E-state index in [9.17, 15) is 21.6 Å². The molecule has 1 heterocycles. The molecule has 13 heteroatoms. The summed E-state index contributed by atoms with van der Waals surface area (Å²) in [5, 5.41) is 8.27. The second-order valence-corrected chi connectivity index (χ2v) is 12.4. The van der Waals surface area contributed by atoms with Crippen molar-refractivity contribution in [3.8, 4) is 5.75 Å². The van der Waals surface area contributed by atoms with Crippen LogP contribution in [0.1, 0.15) is 25.7 Å². The van der Waals surface area contributed by atoms with Crippen molar-refractivity contribution in [2.45, 2.75) is 36.9 Å². The summed E-state index contributed by atoms with van der Waals surface area (Å²) < 4.78 is 68.7. The number of alkyl halides is 3. The van der Waals surface area contributed by atoms with Gasteiger partial charge in [0.25, 0.3) is 0 Å². The van der Waals surface area contributed by atoms with Gasteiger partial charge in [-0.2, -0.15) is 4.98 Å². The molecule has 4 aromatic rings. The standard InChI is InChI=1S/C29H29ClF3N5O3S/c30-21-9-11-22(12-10-21)36-27-25-3-1-2-4-26(25)37-28(38-27)34-17-19-5-7-20(8-6-19)18-35-42(39,40)24-15-13-23(14-16-24)41-29(31,32)33/h1-4,9-16,19-20,35H,5-8,17-18H2,(H2,34,36,37,38). The molecule has 0 atom stereocenters. The smallest absolute Gasteiger partial charge is 0.406 e. The van der Waals surface area contributed by atoms with Gasteiger partial charge in [-0.05, 0) is 98.2 Å². The Bertz CT molecular complexity index is 1610. The topological polar surface area (TPSA) is 105 Å². The first-order chi connectivity index (χ1) is 20.0. The number of halogens is 4. The molecule has 3 aromatic carbocycles. The first-order valence-electron chi connectivity index (χ1n) is 13.4. The maximum absolute atomic E-state index is 12.6. The van der Waals surface area contributed by atoms with Gasteiger partial charge >= 0.3 is 6.36 Å². The van der Waals surface area contributed by atoms with Crippen LogP contribution in [-0.4, -0.2) is 37.8 Å². The molecule has 0 radical (unpaired) electrons. The number of ether oxygens (including phenoxy) is 1. The summed E-state index contributed by atoms with van der Waals surface area (Å²) in [6.45, 7) is 0.945. The third-order valence-corrected chi connectivity index (χ3v) is 8.85. The number of hydrogen-bond acceptors (Lipinski definition) is 7. The summed E-state index contributed by atoms with van der Waals surface area (Å²) in [7, 11) is -3.85. The molecule has 5 rings (SSSR count). The summed E-state index contributed by atoms with van der Waals surface area (Å²) in [5.74, 6) is 1.27. The SMILES string of the molecule is O=S(=O)(NCC1CCC(CNc2nc(Nc3ccc(Cl)cc3)c3ccccc3n2)CC1)c1ccc(OC(F)(F)F)cc1. The maximum atomic E-state index is 12.6. The summed E-state index contributed by atoms with van der Waals surface area (Å²) in [4.78, 5) is 9.28. The number of hydrogen-bond donors (Lipinski definition) is 3. The molecule has 1 aliphatic rings. The molecule has 0 aliphatic heterocycles. The highest BCUT2D eigenvalue weighted by Gasteiger charge is 2.31. The zero-order chi connectivity index (χ0) is 29.7. The van der Waals surface area contributed by atoms with Crippen LogP contribution in [0.15, 0.2) is 77.7 Å². The molecule has 0 unspecified atom stereocenters. The Morgan fingerprint density at radius 1 is 0.857 bits per heavy atom. The van der Waals surface area contributed by atoms with Crippen molar-refractivity contribution in [1.29, 1.82) is 0 Å². The van der Waals surface area contributed by atoms with Crippen LogP contribution in [-0.2, 0) is 10.0 Å². The number of rotatable bonds is 10. The highest BCUT2D eigenvalue weighted by molar-refractivity contribution is 7.89. The fourth-order valence-electron chi connectivity index (χ4n) is 4.93. The van der Waals surface area contributed by atoms with Crippen molar-refractivity contribution >= 4 is 50.0 Å². The van der Waals surface area contributed by atoms with E-state index in [1.807, 2.05) is 48.5 Å². The molecular formula is C29H29ClF3N5O3S. The van der Waals surface area contributed by atoms with Crippen molar-refractivity contribution < 1.29 is 26.3 Å². The number of nitrogens with one attached hydrogen (secondary N) is 3. The van der Waals surface area contributed by atoms with Gasteiger partial charge in [0.1, 0.15) is 11.6 Å². The van der Waals surface area contributed by atoms with Gasteiger partial charge in [-0.15, -0.1) is 13.2 Å². The lowest BCUT2D eigenvalue weighted by atomic mass is 9.82. The van der Waals surface area contributed by atoms with Crippen molar-refractivity contribution in [1.82, 2.24) is 14.7 Å². The molecule has 0 saturated heterocycles. The zero-order valence-electron chi connectivity index (χ0n) is 22.4. The molecule has 1 fully saturated rings. The first-order valence-corrected chi connectivity index (χ1v) is 15.3. The van der Waals surface area contributed by atoms with Gasteiger partial charge in [-0.25, -0.2) is 18.1 Å². The van der Waals surface area contributed by atoms with E-state index in [4.69, 9.17) is 16.6 Å². The van der Waals surface area contributed by atoms with Crippen LogP contribution in [0.4, 0.5) is 30.6 Å². The largest absolute Gasteiger partial charge is 0.573 e. The van der Waals surface area contributed by atoms with Gasteiger partial charge in [-0.1, -0.05) is 23.7 Å². The van der Waals surface area contributed by atoms with Crippen molar-refractivity contribution in [2.24, 2.45) is 11.8 Å². The van der Waals surface area contributed by atoms with Crippen LogP contribution >= 0.6 is 11.6 Å². The molecule has 3 N–H and O–H groups in total. The van der Waals surface area contributed by atoms with Gasteiger partial charge in [-0.3, -0.25) is 0 Å². The summed E-state index contributed by atoms with van der Waals surface area (Å²) in [6.07, 6.45) is -1.34. The molecule has 1 saturated carbocycles. The van der Waals surface area contributed by atoms with Crippen LogP contribution in [0.2, 0.25) is 5.02 Å². The summed E-state index contributed by atoms with van der Waals surface area (Å²) in [5.41, 5.74) is 1.67. The van der Waals surface area contributed by atoms with Crippen molar-refractivity contribution in [3.63, 3.8) is 0 Å². The molecule has 0 amide bonds. The molecule has 42 heavy (non-hydrogen) atoms. The monoisotopic (exact) mass is 619 g/mol. The minimum Gasteiger partial charge on any atom is -0.406 e. The summed E-state index contributed by atoms with van der Waals surface area (Å²) >= 11 is 6.02. The third-order valence-electron chi connectivity index (χ3n) is 7.16. The minimum absolute atomic E-state index is 0.116. The molecule has 222 valence electrons. The Morgan fingerprint density at radius 2 is 1.50 bits per heavy atom. The van der Waals surface area contributed by atoms with Gasteiger partial charge < -0.3 is 15.4 Å². The lowest BCUT2D eigenvalue weighted by Gasteiger charge is -2.28. The van der Waals surface area contributed by atoms with E-state index in [-0.39, 0.29) is 17.4 Å². The quantitative estimate of drug-likeness (QED) is 0.174. The number of benzene rings is 3. The van der Waals surface area contributed by atoms with E-state index in [0.29, 0.717) is 29.3 Å². The number of fused-ring (bicyclic) bond motifs is 1. The van der Waals surface area contributed by atoms with Gasteiger partial charge in [0.05, 0.1) is 10.4 Å². The van der Waals surface area contributed by atoms with Gasteiger partial charge in [0.2, 0.25) is 16.0 Å². The van der Waals surface area contributed by atoms with Gasteiger partial charge in [0.15, 0.2) is 0 Å². The van der Waals surface area contributed by atoms with Crippen LogP contribution in [0.5, 0.6) is 5.75 Å². The average Bonchev–Trinajstić information content (AvgIpc) is 2.96. The van der Waals surface area contributed by atoms with Gasteiger partial charge in [0, 0.05) is 29.2 Å². The Morgan fingerprint density at radius 3 is 2.17 bits per heavy atom. The fourth-order valence-corrected chi connectivity index (χ4v) is 6.17. The van der Waals surface area contributed by atoms with Crippen molar-refractivity contribution in [2.75, 3.05) is 23.7 Å². The molecule has 1 aromatic heterocycles. The lowest BCUT2D eigenvalue weighted by molar-refractivity contribution is -0.274. The number of aromatic nitrogens is 2. The molecule has 0 spiro atoms. The number of para-hydroxylation sites is 1. The molecule has 8 nitrogen and oxygen atoms in total. The minimum atomic E-state index is -4.84. The Balaban J connectivity index is 1.13. The lowest BCUT2D eigenvalue weighted by Crippen LogP contribution is -2.32. The Kier molecular flexibility index (Phi) is 9.05. The number of sulfonamides is 1. The van der Waals surface area contributed by atoms with Crippen LogP contribution in [0, 0.1) is 11.8 Å². The normalized spacial score (nSPS) is 17.6. The number of nitrogens with zero attached hydrogens (tertiary/aromatic N) is 2.